The smallest absolute Gasteiger partial charge is 0.342 e. The van der Waals surface area contributed by atoms with Crippen molar-refractivity contribution in [1.82, 2.24) is 0 Å². The van der Waals surface area contributed by atoms with Crippen molar-refractivity contribution in [2.45, 2.75) is 39.9 Å². The first-order valence-electron chi connectivity index (χ1n) is 7.36. The number of aryl methyl sites for hydroxylation is 1. The monoisotopic (exact) mass is 298 g/mol. The Morgan fingerprint density at radius 2 is 1.68 bits per heavy atom. The van der Waals surface area contributed by atoms with Crippen molar-refractivity contribution in [3.63, 3.8) is 0 Å². The standard InChI is InChI=1S/C19H22O3/c1-14-9-8-12-16(18(20)22-19(2,3)4)17(14)21-13-15-10-6-5-7-11-15/h5-12H,13H2,1-4H3. The third kappa shape index (κ3) is 4.35. The lowest BCUT2D eigenvalue weighted by Gasteiger charge is -2.21. The summed E-state index contributed by atoms with van der Waals surface area (Å²) >= 11 is 0. The van der Waals surface area contributed by atoms with E-state index in [0.717, 1.165) is 11.1 Å². The Kier molecular flexibility index (Phi) is 4.86. The third-order valence-electron chi connectivity index (χ3n) is 3.06. The molecule has 2 aromatic rings. The second-order valence-corrected chi connectivity index (χ2v) is 6.23. The van der Waals surface area contributed by atoms with Gasteiger partial charge in [-0.2, -0.15) is 0 Å². The van der Waals surface area contributed by atoms with Crippen molar-refractivity contribution < 1.29 is 14.3 Å². The van der Waals surface area contributed by atoms with E-state index in [2.05, 4.69) is 0 Å². The van der Waals surface area contributed by atoms with E-state index in [1.807, 2.05) is 70.2 Å². The molecule has 0 aromatic heterocycles. The van der Waals surface area contributed by atoms with E-state index in [1.54, 1.807) is 6.07 Å². The van der Waals surface area contributed by atoms with Crippen LogP contribution in [0.4, 0.5) is 0 Å². The van der Waals surface area contributed by atoms with Gasteiger partial charge in [-0.05, 0) is 44.9 Å². The summed E-state index contributed by atoms with van der Waals surface area (Å²) in [6, 6.07) is 15.4. The number of ether oxygens (including phenoxy) is 2. The molecule has 2 aromatic carbocycles. The summed E-state index contributed by atoms with van der Waals surface area (Å²) < 4.78 is 11.3. The van der Waals surface area contributed by atoms with Gasteiger partial charge in [0.1, 0.15) is 23.5 Å². The van der Waals surface area contributed by atoms with Crippen molar-refractivity contribution in [3.8, 4) is 5.75 Å². The predicted octanol–water partition coefficient (Wildman–Crippen LogP) is 4.53. The molecule has 0 amide bonds. The van der Waals surface area contributed by atoms with Gasteiger partial charge in [-0.3, -0.25) is 0 Å². The number of hydrogen-bond acceptors (Lipinski definition) is 3. The summed E-state index contributed by atoms with van der Waals surface area (Å²) in [6.45, 7) is 7.90. The summed E-state index contributed by atoms with van der Waals surface area (Å²) in [5, 5.41) is 0. The molecular formula is C19H22O3. The lowest BCUT2D eigenvalue weighted by molar-refractivity contribution is 0.00653. The highest BCUT2D eigenvalue weighted by Crippen LogP contribution is 2.26. The third-order valence-corrected chi connectivity index (χ3v) is 3.06. The highest BCUT2D eigenvalue weighted by molar-refractivity contribution is 5.93. The molecular weight excluding hydrogens is 276 g/mol. The van der Waals surface area contributed by atoms with Crippen molar-refractivity contribution in [2.75, 3.05) is 0 Å². The molecule has 0 fully saturated rings. The van der Waals surface area contributed by atoms with Crippen molar-refractivity contribution in [3.05, 3.63) is 65.2 Å². The minimum Gasteiger partial charge on any atom is -0.488 e. The summed E-state index contributed by atoms with van der Waals surface area (Å²) in [5.74, 6) is 0.222. The predicted molar refractivity (Wildman–Crippen MR) is 87.1 cm³/mol. The van der Waals surface area contributed by atoms with Gasteiger partial charge in [0.2, 0.25) is 0 Å². The van der Waals surface area contributed by atoms with E-state index < -0.39 is 5.60 Å². The van der Waals surface area contributed by atoms with Crippen LogP contribution in [0.5, 0.6) is 5.75 Å². The highest BCUT2D eigenvalue weighted by Gasteiger charge is 2.22. The van der Waals surface area contributed by atoms with E-state index in [0.29, 0.717) is 17.9 Å². The largest absolute Gasteiger partial charge is 0.488 e. The van der Waals surface area contributed by atoms with E-state index >= 15 is 0 Å². The highest BCUT2D eigenvalue weighted by atomic mass is 16.6. The fraction of sp³-hybridized carbons (Fsp3) is 0.316. The SMILES string of the molecule is Cc1cccc(C(=O)OC(C)(C)C)c1OCc1ccccc1. The number of esters is 1. The molecule has 0 aliphatic heterocycles. The first-order chi connectivity index (χ1) is 10.4. The average molecular weight is 298 g/mol. The molecule has 0 aliphatic carbocycles. The number of hydrogen-bond donors (Lipinski definition) is 0. The van der Waals surface area contributed by atoms with E-state index in [9.17, 15) is 4.79 Å². The molecule has 0 aliphatic rings. The molecule has 0 heterocycles. The van der Waals surface area contributed by atoms with Crippen LogP contribution in [-0.2, 0) is 11.3 Å². The van der Waals surface area contributed by atoms with Gasteiger partial charge in [-0.15, -0.1) is 0 Å². The maximum Gasteiger partial charge on any atom is 0.342 e. The number of para-hydroxylation sites is 1. The number of rotatable bonds is 4. The second kappa shape index (κ2) is 6.65. The van der Waals surface area contributed by atoms with Crippen LogP contribution >= 0.6 is 0 Å². The minimum atomic E-state index is -0.530. The zero-order chi connectivity index (χ0) is 16.2. The van der Waals surface area contributed by atoms with Gasteiger partial charge in [0.15, 0.2) is 0 Å². The van der Waals surface area contributed by atoms with Gasteiger partial charge in [0, 0.05) is 0 Å². The van der Waals surface area contributed by atoms with Crippen LogP contribution in [0.15, 0.2) is 48.5 Å². The zero-order valence-corrected chi connectivity index (χ0v) is 13.6. The molecule has 0 radical (unpaired) electrons. The Morgan fingerprint density at radius 1 is 1.00 bits per heavy atom. The van der Waals surface area contributed by atoms with Crippen LogP contribution in [0.3, 0.4) is 0 Å². The molecule has 0 saturated heterocycles. The maximum absolute atomic E-state index is 12.3. The molecule has 0 saturated carbocycles. The molecule has 22 heavy (non-hydrogen) atoms. The summed E-state index contributed by atoms with van der Waals surface area (Å²) in [7, 11) is 0. The topological polar surface area (TPSA) is 35.5 Å². The van der Waals surface area contributed by atoms with E-state index in [-0.39, 0.29) is 5.97 Å². The van der Waals surface area contributed by atoms with Crippen molar-refractivity contribution in [1.29, 1.82) is 0 Å². The van der Waals surface area contributed by atoms with Gasteiger partial charge < -0.3 is 9.47 Å². The van der Waals surface area contributed by atoms with E-state index in [4.69, 9.17) is 9.47 Å². The van der Waals surface area contributed by atoms with Gasteiger partial charge in [0.05, 0.1) is 0 Å². The molecule has 0 N–H and O–H groups in total. The van der Waals surface area contributed by atoms with Crippen LogP contribution in [0.25, 0.3) is 0 Å². The Balaban J connectivity index is 2.21. The zero-order valence-electron chi connectivity index (χ0n) is 13.6. The van der Waals surface area contributed by atoms with Gasteiger partial charge in [-0.25, -0.2) is 4.79 Å². The van der Waals surface area contributed by atoms with Crippen LogP contribution in [0.1, 0.15) is 42.3 Å². The number of carbonyl (C=O) groups is 1. The first kappa shape index (κ1) is 16.1. The Hall–Kier alpha value is -2.29. The quantitative estimate of drug-likeness (QED) is 0.778. The van der Waals surface area contributed by atoms with Crippen LogP contribution < -0.4 is 4.74 Å². The average Bonchev–Trinajstić information content (AvgIpc) is 2.45. The van der Waals surface area contributed by atoms with Crippen LogP contribution in [0, 0.1) is 6.92 Å². The maximum atomic E-state index is 12.3. The minimum absolute atomic E-state index is 0.362. The summed E-state index contributed by atoms with van der Waals surface area (Å²) in [4.78, 5) is 12.3. The van der Waals surface area contributed by atoms with Gasteiger partial charge in [0.25, 0.3) is 0 Å². The van der Waals surface area contributed by atoms with Crippen molar-refractivity contribution >= 4 is 5.97 Å². The Morgan fingerprint density at radius 3 is 2.32 bits per heavy atom. The molecule has 3 nitrogen and oxygen atoms in total. The molecule has 0 bridgehead atoms. The van der Waals surface area contributed by atoms with Crippen molar-refractivity contribution in [2.24, 2.45) is 0 Å². The summed E-state index contributed by atoms with van der Waals surface area (Å²) in [6.07, 6.45) is 0. The lowest BCUT2D eigenvalue weighted by atomic mass is 10.1. The number of carbonyl (C=O) groups excluding carboxylic acids is 1. The Bertz CT molecular complexity index is 639. The van der Waals surface area contributed by atoms with Gasteiger partial charge >= 0.3 is 5.97 Å². The molecule has 0 spiro atoms. The molecule has 0 unspecified atom stereocenters. The molecule has 2 rings (SSSR count). The molecule has 3 heteroatoms. The summed E-state index contributed by atoms with van der Waals surface area (Å²) in [5.41, 5.74) is 1.91. The second-order valence-electron chi connectivity index (χ2n) is 6.23. The Labute approximate surface area is 131 Å². The normalized spacial score (nSPS) is 11.1. The van der Waals surface area contributed by atoms with E-state index in [1.165, 1.54) is 0 Å². The van der Waals surface area contributed by atoms with Crippen LogP contribution in [0.2, 0.25) is 0 Å². The molecule has 116 valence electrons. The number of benzene rings is 2. The van der Waals surface area contributed by atoms with Gasteiger partial charge in [-0.1, -0.05) is 42.5 Å². The fourth-order valence-corrected chi connectivity index (χ4v) is 2.07. The lowest BCUT2D eigenvalue weighted by Crippen LogP contribution is -2.24. The first-order valence-corrected chi connectivity index (χ1v) is 7.36. The van der Waals surface area contributed by atoms with Crippen LogP contribution in [-0.4, -0.2) is 11.6 Å². The molecule has 0 atom stereocenters. The fourth-order valence-electron chi connectivity index (χ4n) is 2.07.